The Morgan fingerprint density at radius 3 is 2.52 bits per heavy atom. The summed E-state index contributed by atoms with van der Waals surface area (Å²) in [5.41, 5.74) is 2.80. The normalized spacial score (nSPS) is 10.3. The zero-order valence-corrected chi connectivity index (χ0v) is 14.6. The molecular formula is C16H13BrN4OS. The second kappa shape index (κ2) is 6.89. The van der Waals surface area contributed by atoms with Crippen LogP contribution >= 0.6 is 27.3 Å². The van der Waals surface area contributed by atoms with E-state index in [1.54, 1.807) is 0 Å². The van der Waals surface area contributed by atoms with Gasteiger partial charge in [0.05, 0.1) is 0 Å². The molecule has 5 nitrogen and oxygen atoms in total. The molecule has 0 radical (unpaired) electrons. The number of rotatable bonds is 3. The molecule has 23 heavy (non-hydrogen) atoms. The van der Waals surface area contributed by atoms with Gasteiger partial charge in [-0.3, -0.25) is 5.32 Å². The number of carbonyl (C=O) groups excluding carboxylic acids is 1. The van der Waals surface area contributed by atoms with E-state index in [1.165, 1.54) is 11.3 Å². The van der Waals surface area contributed by atoms with Crippen molar-refractivity contribution in [3.63, 3.8) is 0 Å². The maximum atomic E-state index is 12.0. The minimum Gasteiger partial charge on any atom is -0.308 e. The molecule has 0 fully saturated rings. The van der Waals surface area contributed by atoms with Crippen LogP contribution in [-0.2, 0) is 0 Å². The van der Waals surface area contributed by atoms with Crippen LogP contribution in [0.25, 0.3) is 10.6 Å². The lowest BCUT2D eigenvalue weighted by atomic mass is 10.2. The SMILES string of the molecule is Cc1ccc(NC(=O)Nc2nnc(-c3ccccc3Br)s2)cc1. The molecule has 2 aromatic carbocycles. The van der Waals surface area contributed by atoms with Gasteiger partial charge in [0.2, 0.25) is 5.13 Å². The van der Waals surface area contributed by atoms with Gasteiger partial charge in [0.25, 0.3) is 0 Å². The van der Waals surface area contributed by atoms with Crippen LogP contribution in [0.5, 0.6) is 0 Å². The lowest BCUT2D eigenvalue weighted by Crippen LogP contribution is -2.19. The monoisotopic (exact) mass is 388 g/mol. The topological polar surface area (TPSA) is 66.9 Å². The van der Waals surface area contributed by atoms with Crippen LogP contribution < -0.4 is 10.6 Å². The predicted molar refractivity (Wildman–Crippen MR) is 96.9 cm³/mol. The lowest BCUT2D eigenvalue weighted by molar-refractivity contribution is 0.262. The highest BCUT2D eigenvalue weighted by atomic mass is 79.9. The van der Waals surface area contributed by atoms with Crippen molar-refractivity contribution in [2.75, 3.05) is 10.6 Å². The standard InChI is InChI=1S/C16H13BrN4OS/c1-10-6-8-11(9-7-10)18-15(22)19-16-21-20-14(23-16)12-4-2-3-5-13(12)17/h2-9H,1H3,(H2,18,19,21,22). The van der Waals surface area contributed by atoms with E-state index < -0.39 is 0 Å². The van der Waals surface area contributed by atoms with E-state index >= 15 is 0 Å². The summed E-state index contributed by atoms with van der Waals surface area (Å²) in [6, 6.07) is 15.0. The Labute approximate surface area is 145 Å². The first-order valence-corrected chi connectivity index (χ1v) is 8.46. The van der Waals surface area contributed by atoms with Crippen molar-refractivity contribution in [1.29, 1.82) is 0 Å². The fourth-order valence-corrected chi connectivity index (χ4v) is 3.30. The summed E-state index contributed by atoms with van der Waals surface area (Å²) in [6.07, 6.45) is 0. The number of amides is 2. The van der Waals surface area contributed by atoms with E-state index in [2.05, 4.69) is 36.8 Å². The van der Waals surface area contributed by atoms with Crippen LogP contribution in [0.2, 0.25) is 0 Å². The first-order chi connectivity index (χ1) is 11.1. The van der Waals surface area contributed by atoms with Crippen molar-refractivity contribution < 1.29 is 4.79 Å². The number of halogens is 1. The second-order valence-corrected chi connectivity index (χ2v) is 6.67. The van der Waals surface area contributed by atoms with Gasteiger partial charge < -0.3 is 5.32 Å². The molecule has 7 heteroatoms. The highest BCUT2D eigenvalue weighted by Crippen LogP contribution is 2.31. The number of aromatic nitrogens is 2. The van der Waals surface area contributed by atoms with Crippen molar-refractivity contribution in [3.8, 4) is 10.6 Å². The fourth-order valence-electron chi connectivity index (χ4n) is 1.91. The molecule has 0 saturated heterocycles. The van der Waals surface area contributed by atoms with E-state index in [1.807, 2.05) is 55.5 Å². The Morgan fingerprint density at radius 2 is 1.78 bits per heavy atom. The molecule has 0 spiro atoms. The minimum absolute atomic E-state index is 0.344. The van der Waals surface area contributed by atoms with Gasteiger partial charge in [-0.1, -0.05) is 63.2 Å². The number of carbonyl (C=O) groups is 1. The third kappa shape index (κ3) is 3.94. The number of aryl methyl sites for hydroxylation is 1. The predicted octanol–water partition coefficient (Wildman–Crippen LogP) is 4.92. The summed E-state index contributed by atoms with van der Waals surface area (Å²) in [5, 5.41) is 14.8. The van der Waals surface area contributed by atoms with Gasteiger partial charge in [0.1, 0.15) is 0 Å². The van der Waals surface area contributed by atoms with Gasteiger partial charge in [0, 0.05) is 15.7 Å². The molecule has 2 amide bonds. The van der Waals surface area contributed by atoms with Crippen molar-refractivity contribution in [1.82, 2.24) is 10.2 Å². The summed E-state index contributed by atoms with van der Waals surface area (Å²) in [5.74, 6) is 0. The molecule has 0 atom stereocenters. The fraction of sp³-hybridized carbons (Fsp3) is 0.0625. The quantitative estimate of drug-likeness (QED) is 0.668. The molecule has 3 aromatic rings. The third-order valence-corrected chi connectivity index (χ3v) is 4.62. The number of nitrogens with one attached hydrogen (secondary N) is 2. The van der Waals surface area contributed by atoms with E-state index in [4.69, 9.17) is 0 Å². The summed E-state index contributed by atoms with van der Waals surface area (Å²) in [6.45, 7) is 1.99. The highest BCUT2D eigenvalue weighted by molar-refractivity contribution is 9.10. The second-order valence-electron chi connectivity index (χ2n) is 4.84. The molecule has 0 bridgehead atoms. The Bertz CT molecular complexity index is 832. The molecule has 0 aliphatic heterocycles. The summed E-state index contributed by atoms with van der Waals surface area (Å²) in [7, 11) is 0. The van der Waals surface area contributed by atoms with Gasteiger partial charge in [-0.25, -0.2) is 4.79 Å². The first-order valence-electron chi connectivity index (χ1n) is 6.85. The van der Waals surface area contributed by atoms with E-state index in [9.17, 15) is 4.79 Å². The Kier molecular flexibility index (Phi) is 4.68. The molecule has 1 heterocycles. The van der Waals surface area contributed by atoms with Crippen molar-refractivity contribution >= 4 is 44.1 Å². The molecular weight excluding hydrogens is 376 g/mol. The van der Waals surface area contributed by atoms with Crippen molar-refractivity contribution in [2.24, 2.45) is 0 Å². The zero-order chi connectivity index (χ0) is 16.2. The highest BCUT2D eigenvalue weighted by Gasteiger charge is 2.11. The van der Waals surface area contributed by atoms with Crippen LogP contribution in [0, 0.1) is 6.92 Å². The van der Waals surface area contributed by atoms with Crippen molar-refractivity contribution in [2.45, 2.75) is 6.92 Å². The molecule has 3 rings (SSSR count). The first kappa shape index (κ1) is 15.6. The Hall–Kier alpha value is -2.25. The molecule has 0 saturated carbocycles. The maximum Gasteiger partial charge on any atom is 0.325 e. The summed E-state index contributed by atoms with van der Waals surface area (Å²) in [4.78, 5) is 12.0. The van der Waals surface area contributed by atoms with E-state index in [0.717, 1.165) is 26.3 Å². The average molecular weight is 389 g/mol. The van der Waals surface area contributed by atoms with Gasteiger partial charge in [-0.05, 0) is 25.1 Å². The maximum absolute atomic E-state index is 12.0. The third-order valence-electron chi connectivity index (χ3n) is 3.06. The van der Waals surface area contributed by atoms with Gasteiger partial charge in [-0.2, -0.15) is 0 Å². The molecule has 1 aromatic heterocycles. The summed E-state index contributed by atoms with van der Waals surface area (Å²) >= 11 is 4.80. The van der Waals surface area contributed by atoms with Crippen LogP contribution in [0.15, 0.2) is 53.0 Å². The van der Waals surface area contributed by atoms with Crippen LogP contribution in [0.4, 0.5) is 15.6 Å². The Morgan fingerprint density at radius 1 is 1.04 bits per heavy atom. The van der Waals surface area contributed by atoms with Crippen LogP contribution in [-0.4, -0.2) is 16.2 Å². The average Bonchev–Trinajstić information content (AvgIpc) is 2.98. The summed E-state index contributed by atoms with van der Waals surface area (Å²) < 4.78 is 0.937. The number of hydrogen-bond donors (Lipinski definition) is 2. The smallest absolute Gasteiger partial charge is 0.308 e. The molecule has 2 N–H and O–H groups in total. The van der Waals surface area contributed by atoms with Gasteiger partial charge in [0.15, 0.2) is 5.01 Å². The zero-order valence-electron chi connectivity index (χ0n) is 12.2. The van der Waals surface area contributed by atoms with Crippen LogP contribution in [0.3, 0.4) is 0 Å². The van der Waals surface area contributed by atoms with Gasteiger partial charge >= 0.3 is 6.03 Å². The number of benzene rings is 2. The van der Waals surface area contributed by atoms with E-state index in [0.29, 0.717) is 5.13 Å². The van der Waals surface area contributed by atoms with E-state index in [-0.39, 0.29) is 6.03 Å². The molecule has 116 valence electrons. The number of hydrogen-bond acceptors (Lipinski definition) is 4. The minimum atomic E-state index is -0.344. The largest absolute Gasteiger partial charge is 0.325 e. The number of urea groups is 1. The van der Waals surface area contributed by atoms with Crippen molar-refractivity contribution in [3.05, 3.63) is 58.6 Å². The van der Waals surface area contributed by atoms with Crippen LogP contribution in [0.1, 0.15) is 5.56 Å². The molecule has 0 aliphatic rings. The van der Waals surface area contributed by atoms with Gasteiger partial charge in [-0.15, -0.1) is 10.2 Å². The molecule has 0 aliphatic carbocycles. The number of anilines is 2. The molecule has 0 unspecified atom stereocenters. The Balaban J connectivity index is 1.68. The lowest BCUT2D eigenvalue weighted by Gasteiger charge is -2.05. The number of nitrogens with zero attached hydrogens (tertiary/aromatic N) is 2.